The minimum Gasteiger partial charge on any atom is -0.378 e. The SMILES string of the molecule is FC(F)(F)c1nc2c(Cl)c(Cl)c(Cl)c(N3CCOCC3)c2[nH]1. The van der Waals surface area contributed by atoms with Crippen molar-refractivity contribution in [3.05, 3.63) is 20.9 Å². The topological polar surface area (TPSA) is 41.2 Å². The van der Waals surface area contributed by atoms with Crippen LogP contribution < -0.4 is 4.90 Å². The molecule has 1 aromatic heterocycles. The van der Waals surface area contributed by atoms with Crippen molar-refractivity contribution < 1.29 is 17.9 Å². The van der Waals surface area contributed by atoms with Crippen LogP contribution in [0.25, 0.3) is 11.0 Å². The zero-order chi connectivity index (χ0) is 16.1. The molecule has 0 radical (unpaired) electrons. The van der Waals surface area contributed by atoms with Crippen molar-refractivity contribution in [1.82, 2.24) is 9.97 Å². The van der Waals surface area contributed by atoms with Gasteiger partial charge in [0.1, 0.15) is 5.52 Å². The predicted octanol–water partition coefficient (Wildman–Crippen LogP) is 4.38. The number of hydrogen-bond donors (Lipinski definition) is 1. The average molecular weight is 375 g/mol. The summed E-state index contributed by atoms with van der Waals surface area (Å²) in [5, 5.41) is -0.0265. The quantitative estimate of drug-likeness (QED) is 0.753. The number of hydrogen-bond acceptors (Lipinski definition) is 3. The predicted molar refractivity (Wildman–Crippen MR) is 79.2 cm³/mol. The summed E-state index contributed by atoms with van der Waals surface area (Å²) in [6.45, 7) is 1.84. The molecule has 4 nitrogen and oxygen atoms in total. The monoisotopic (exact) mass is 373 g/mol. The van der Waals surface area contributed by atoms with Gasteiger partial charge in [0, 0.05) is 13.1 Å². The molecule has 0 spiro atoms. The van der Waals surface area contributed by atoms with Gasteiger partial charge in [0.25, 0.3) is 0 Å². The van der Waals surface area contributed by atoms with E-state index in [2.05, 4.69) is 9.97 Å². The number of rotatable bonds is 1. The average Bonchev–Trinajstić information content (AvgIpc) is 2.91. The maximum Gasteiger partial charge on any atom is 0.449 e. The van der Waals surface area contributed by atoms with Crippen LogP contribution in [-0.4, -0.2) is 36.3 Å². The molecule has 1 aliphatic rings. The summed E-state index contributed by atoms with van der Waals surface area (Å²) in [6, 6.07) is 0. The lowest BCUT2D eigenvalue weighted by atomic mass is 10.2. The Morgan fingerprint density at radius 3 is 2.27 bits per heavy atom. The molecule has 0 amide bonds. The molecule has 1 fully saturated rings. The highest BCUT2D eigenvalue weighted by Gasteiger charge is 2.36. The lowest BCUT2D eigenvalue weighted by Gasteiger charge is -2.30. The third-order valence-corrected chi connectivity index (χ3v) is 4.65. The van der Waals surface area contributed by atoms with E-state index in [-0.39, 0.29) is 26.1 Å². The fourth-order valence-corrected chi connectivity index (χ4v) is 3.10. The van der Waals surface area contributed by atoms with E-state index in [1.807, 2.05) is 0 Å². The highest BCUT2D eigenvalue weighted by molar-refractivity contribution is 6.52. The summed E-state index contributed by atoms with van der Waals surface area (Å²) < 4.78 is 43.9. The smallest absolute Gasteiger partial charge is 0.378 e. The number of anilines is 1. The lowest BCUT2D eigenvalue weighted by Crippen LogP contribution is -2.36. The minimum absolute atomic E-state index is 0.0162. The molecule has 22 heavy (non-hydrogen) atoms. The summed E-state index contributed by atoms with van der Waals surface area (Å²) >= 11 is 18.3. The third kappa shape index (κ3) is 2.60. The van der Waals surface area contributed by atoms with Crippen LogP contribution in [0.15, 0.2) is 0 Å². The van der Waals surface area contributed by atoms with E-state index in [4.69, 9.17) is 39.5 Å². The van der Waals surface area contributed by atoms with Crippen LogP contribution in [-0.2, 0) is 10.9 Å². The van der Waals surface area contributed by atoms with Gasteiger partial charge in [-0.3, -0.25) is 0 Å². The zero-order valence-electron chi connectivity index (χ0n) is 10.9. The Balaban J connectivity index is 2.27. The second-order valence-corrected chi connectivity index (χ2v) is 5.83. The number of fused-ring (bicyclic) bond motifs is 1. The van der Waals surface area contributed by atoms with E-state index in [0.29, 0.717) is 32.0 Å². The molecular weight excluding hydrogens is 366 g/mol. The molecule has 0 saturated carbocycles. The lowest BCUT2D eigenvalue weighted by molar-refractivity contribution is -0.144. The summed E-state index contributed by atoms with van der Waals surface area (Å²) in [7, 11) is 0. The minimum atomic E-state index is -4.62. The second kappa shape index (κ2) is 5.63. The third-order valence-electron chi connectivity index (χ3n) is 3.34. The largest absolute Gasteiger partial charge is 0.449 e. The van der Waals surface area contributed by atoms with Gasteiger partial charge in [0.05, 0.1) is 39.5 Å². The molecule has 2 aromatic rings. The van der Waals surface area contributed by atoms with Crippen molar-refractivity contribution in [2.75, 3.05) is 31.2 Å². The van der Waals surface area contributed by atoms with Gasteiger partial charge in [-0.2, -0.15) is 13.2 Å². The fourth-order valence-electron chi connectivity index (χ4n) is 2.34. The molecule has 120 valence electrons. The van der Waals surface area contributed by atoms with Gasteiger partial charge in [-0.15, -0.1) is 0 Å². The van der Waals surface area contributed by atoms with Crippen molar-refractivity contribution >= 4 is 51.5 Å². The van der Waals surface area contributed by atoms with Crippen LogP contribution in [0, 0.1) is 0 Å². The number of H-pyrrole nitrogens is 1. The van der Waals surface area contributed by atoms with Crippen LogP contribution in [0.1, 0.15) is 5.82 Å². The van der Waals surface area contributed by atoms with Gasteiger partial charge in [-0.05, 0) is 0 Å². The highest BCUT2D eigenvalue weighted by atomic mass is 35.5. The Hall–Kier alpha value is -0.890. The van der Waals surface area contributed by atoms with Gasteiger partial charge in [0.15, 0.2) is 0 Å². The molecule has 0 bridgehead atoms. The van der Waals surface area contributed by atoms with Gasteiger partial charge >= 0.3 is 6.18 Å². The van der Waals surface area contributed by atoms with Crippen LogP contribution in [0.5, 0.6) is 0 Å². The first-order valence-corrected chi connectivity index (χ1v) is 7.40. The van der Waals surface area contributed by atoms with Gasteiger partial charge in [0.2, 0.25) is 5.82 Å². The Labute approximate surface area is 138 Å². The molecule has 10 heteroatoms. The summed E-state index contributed by atoms with van der Waals surface area (Å²) in [6.07, 6.45) is -4.62. The van der Waals surface area contributed by atoms with E-state index in [0.717, 1.165) is 0 Å². The molecule has 3 rings (SSSR count). The Morgan fingerprint density at radius 1 is 1.05 bits per heavy atom. The molecule has 1 saturated heterocycles. The molecule has 0 unspecified atom stereocenters. The molecule has 1 aromatic carbocycles. The first kappa shape index (κ1) is 16.0. The fraction of sp³-hybridized carbons (Fsp3) is 0.417. The van der Waals surface area contributed by atoms with Crippen LogP contribution >= 0.6 is 34.8 Å². The van der Waals surface area contributed by atoms with Gasteiger partial charge < -0.3 is 14.6 Å². The highest BCUT2D eigenvalue weighted by Crippen LogP contribution is 2.45. The van der Waals surface area contributed by atoms with Crippen molar-refractivity contribution in [3.8, 4) is 0 Å². The van der Waals surface area contributed by atoms with Crippen LogP contribution in [0.3, 0.4) is 0 Å². The molecule has 0 aliphatic carbocycles. The van der Waals surface area contributed by atoms with Crippen molar-refractivity contribution in [1.29, 1.82) is 0 Å². The zero-order valence-corrected chi connectivity index (χ0v) is 13.2. The van der Waals surface area contributed by atoms with Crippen LogP contribution in [0.4, 0.5) is 18.9 Å². The molecule has 0 atom stereocenters. The first-order valence-electron chi connectivity index (χ1n) is 6.26. The van der Waals surface area contributed by atoms with E-state index in [9.17, 15) is 13.2 Å². The maximum absolute atomic E-state index is 12.9. The van der Waals surface area contributed by atoms with Crippen molar-refractivity contribution in [2.24, 2.45) is 0 Å². The summed E-state index contributed by atoms with van der Waals surface area (Å²) in [5.41, 5.74) is 0.427. The molecule has 2 heterocycles. The summed E-state index contributed by atoms with van der Waals surface area (Å²) in [5.74, 6) is -1.14. The van der Waals surface area contributed by atoms with E-state index in [1.165, 1.54) is 0 Å². The number of ether oxygens (including phenoxy) is 1. The number of halogens is 6. The van der Waals surface area contributed by atoms with Crippen molar-refractivity contribution in [3.63, 3.8) is 0 Å². The number of imidazole rings is 1. The van der Waals surface area contributed by atoms with E-state index in [1.54, 1.807) is 4.90 Å². The molecule has 1 aliphatic heterocycles. The normalized spacial score (nSPS) is 16.5. The summed E-state index contributed by atoms with van der Waals surface area (Å²) in [4.78, 5) is 7.59. The second-order valence-electron chi connectivity index (χ2n) is 4.70. The molecule has 1 N–H and O–H groups in total. The number of nitrogens with zero attached hydrogens (tertiary/aromatic N) is 2. The number of aromatic amines is 1. The number of benzene rings is 1. The number of alkyl halides is 3. The van der Waals surface area contributed by atoms with Crippen LogP contribution in [0.2, 0.25) is 15.1 Å². The van der Waals surface area contributed by atoms with E-state index >= 15 is 0 Å². The first-order chi connectivity index (χ1) is 10.3. The Morgan fingerprint density at radius 2 is 1.68 bits per heavy atom. The standard InChI is InChI=1S/C12H9Cl3F3N3O/c13-5-6(14)8-9(20-11(19-8)12(16,17)18)10(7(5)15)21-1-3-22-4-2-21/h1-4H2,(H,19,20). The Kier molecular flexibility index (Phi) is 4.09. The van der Waals surface area contributed by atoms with Gasteiger partial charge in [-0.1, -0.05) is 34.8 Å². The molecular formula is C12H9Cl3F3N3O. The Bertz CT molecular complexity index is 726. The van der Waals surface area contributed by atoms with E-state index < -0.39 is 12.0 Å². The maximum atomic E-state index is 12.9. The van der Waals surface area contributed by atoms with Gasteiger partial charge in [-0.25, -0.2) is 4.98 Å². The van der Waals surface area contributed by atoms with Crippen molar-refractivity contribution in [2.45, 2.75) is 6.18 Å². The number of morpholine rings is 1. The number of nitrogens with one attached hydrogen (secondary N) is 1. The number of aromatic nitrogens is 2.